The lowest BCUT2D eigenvalue weighted by molar-refractivity contribution is -0.0400. The van der Waals surface area contributed by atoms with Crippen LogP contribution in [-0.4, -0.2) is 15.0 Å². The Labute approximate surface area is 281 Å². The summed E-state index contributed by atoms with van der Waals surface area (Å²) >= 11 is 0. The van der Waals surface area contributed by atoms with Gasteiger partial charge in [-0.25, -0.2) is 15.0 Å². The van der Waals surface area contributed by atoms with Crippen molar-refractivity contribution >= 4 is 0 Å². The molecule has 6 aromatic rings. The number of aromatic nitrogens is 3. The van der Waals surface area contributed by atoms with Crippen LogP contribution < -0.4 is 0 Å². The van der Waals surface area contributed by atoms with Crippen molar-refractivity contribution in [2.75, 3.05) is 0 Å². The lowest BCUT2D eigenvalue weighted by Gasteiger charge is -2.61. The van der Waals surface area contributed by atoms with Gasteiger partial charge in [0.15, 0.2) is 17.5 Å². The SMILES string of the molecule is N#Cc1cccc2c1C1(c3cc(-c4ccc(-c5nc(-c6ccccc6)nc(-c6ccccc6)n5)cc4)ccc3-2)C2CC3CC(C2)CC1C3. The second kappa shape index (κ2) is 10.6. The molecule has 0 unspecified atom stereocenters. The van der Waals surface area contributed by atoms with E-state index in [1.165, 1.54) is 65.5 Å². The van der Waals surface area contributed by atoms with Gasteiger partial charge in [0, 0.05) is 22.1 Å². The smallest absolute Gasteiger partial charge is 0.164 e. The van der Waals surface area contributed by atoms with Crippen LogP contribution in [0.2, 0.25) is 0 Å². The van der Waals surface area contributed by atoms with Gasteiger partial charge in [-0.2, -0.15) is 5.26 Å². The maximum Gasteiger partial charge on any atom is 0.164 e. The molecule has 4 saturated carbocycles. The first kappa shape index (κ1) is 27.7. The van der Waals surface area contributed by atoms with E-state index in [9.17, 15) is 5.26 Å². The van der Waals surface area contributed by atoms with Gasteiger partial charge >= 0.3 is 0 Å². The number of fused-ring (bicyclic) bond motifs is 3. The minimum atomic E-state index is -0.0487. The fraction of sp³-hybridized carbons (Fsp3) is 0.227. The van der Waals surface area contributed by atoms with Crippen molar-refractivity contribution in [3.05, 3.63) is 138 Å². The summed E-state index contributed by atoms with van der Waals surface area (Å²) in [5, 5.41) is 10.4. The van der Waals surface area contributed by atoms with Crippen LogP contribution in [0.15, 0.2) is 121 Å². The lowest BCUT2D eigenvalue weighted by Crippen LogP contribution is -2.55. The number of nitrogens with zero attached hydrogens (tertiary/aromatic N) is 4. The van der Waals surface area contributed by atoms with Gasteiger partial charge in [-0.3, -0.25) is 0 Å². The Morgan fingerprint density at radius 3 is 1.58 bits per heavy atom. The van der Waals surface area contributed by atoms with Crippen LogP contribution in [-0.2, 0) is 5.41 Å². The van der Waals surface area contributed by atoms with Gasteiger partial charge < -0.3 is 0 Å². The largest absolute Gasteiger partial charge is 0.208 e. The Morgan fingerprint density at radius 2 is 1.02 bits per heavy atom. The average Bonchev–Trinajstić information content (AvgIpc) is 3.44. The maximum absolute atomic E-state index is 10.4. The van der Waals surface area contributed by atoms with E-state index in [1.54, 1.807) is 0 Å². The summed E-state index contributed by atoms with van der Waals surface area (Å²) in [6.07, 6.45) is 6.60. The fourth-order valence-electron chi connectivity index (χ4n) is 10.3. The van der Waals surface area contributed by atoms with Crippen LogP contribution in [0.5, 0.6) is 0 Å². The Bertz CT molecular complexity index is 2160. The highest BCUT2D eigenvalue weighted by Crippen LogP contribution is 2.70. The Kier molecular flexibility index (Phi) is 6.09. The summed E-state index contributed by atoms with van der Waals surface area (Å²) in [4.78, 5) is 14.7. The zero-order valence-electron chi connectivity index (χ0n) is 26.7. The van der Waals surface area contributed by atoms with Gasteiger partial charge in [0.1, 0.15) is 0 Å². The van der Waals surface area contributed by atoms with Crippen molar-refractivity contribution in [3.63, 3.8) is 0 Å². The first-order valence-electron chi connectivity index (χ1n) is 17.3. The number of hydrogen-bond acceptors (Lipinski definition) is 4. The monoisotopic (exact) mass is 618 g/mol. The molecular weight excluding hydrogens is 585 g/mol. The Hall–Kier alpha value is -5.40. The van der Waals surface area contributed by atoms with Gasteiger partial charge in [-0.05, 0) is 101 Å². The first-order valence-corrected chi connectivity index (χ1v) is 17.3. The summed E-state index contributed by atoms with van der Waals surface area (Å²) in [5.74, 6) is 4.94. The molecule has 1 spiro atoms. The van der Waals surface area contributed by atoms with E-state index in [1.807, 2.05) is 60.7 Å². The molecule has 5 aromatic carbocycles. The third-order valence-corrected chi connectivity index (χ3v) is 12.0. The molecule has 5 aliphatic carbocycles. The van der Waals surface area contributed by atoms with E-state index in [-0.39, 0.29) is 5.41 Å². The molecule has 0 N–H and O–H groups in total. The molecule has 4 bridgehead atoms. The second-order valence-corrected chi connectivity index (χ2v) is 14.4. The van der Waals surface area contributed by atoms with Gasteiger partial charge in [0.05, 0.1) is 11.6 Å². The van der Waals surface area contributed by atoms with Crippen LogP contribution >= 0.6 is 0 Å². The highest BCUT2D eigenvalue weighted by atomic mass is 15.0. The Balaban J connectivity index is 1.07. The summed E-state index contributed by atoms with van der Waals surface area (Å²) in [5.41, 5.74) is 11.5. The predicted molar refractivity (Wildman–Crippen MR) is 190 cm³/mol. The molecule has 0 amide bonds. The summed E-state index contributed by atoms with van der Waals surface area (Å²) in [6, 6.07) is 45.1. The number of rotatable bonds is 4. The molecule has 230 valence electrons. The van der Waals surface area contributed by atoms with Crippen molar-refractivity contribution in [2.45, 2.75) is 37.5 Å². The van der Waals surface area contributed by atoms with Crippen LogP contribution in [0.25, 0.3) is 56.4 Å². The Morgan fingerprint density at radius 1 is 0.500 bits per heavy atom. The summed E-state index contributed by atoms with van der Waals surface area (Å²) in [6.45, 7) is 0. The quantitative estimate of drug-likeness (QED) is 0.197. The summed E-state index contributed by atoms with van der Waals surface area (Å²) < 4.78 is 0. The van der Waals surface area contributed by atoms with Crippen molar-refractivity contribution < 1.29 is 0 Å². The second-order valence-electron chi connectivity index (χ2n) is 14.4. The lowest BCUT2D eigenvalue weighted by atomic mass is 9.43. The molecule has 4 heteroatoms. The van der Waals surface area contributed by atoms with Crippen LogP contribution in [0.4, 0.5) is 0 Å². The standard InChI is InChI=1S/C44H34N4/c45-26-34-12-7-13-38-37-19-18-33(25-39(37)44(40(34)38)35-21-27-20-28(23-35)24-36(44)22-27)29-14-16-32(17-15-29)43-47-41(30-8-3-1-4-9-30)46-42(48-43)31-10-5-2-6-11-31/h1-19,25,27-28,35-36H,20-24H2. The van der Waals surface area contributed by atoms with Gasteiger partial charge in [0.2, 0.25) is 0 Å². The third-order valence-electron chi connectivity index (χ3n) is 12.0. The molecule has 48 heavy (non-hydrogen) atoms. The van der Waals surface area contributed by atoms with Crippen LogP contribution in [0.3, 0.4) is 0 Å². The predicted octanol–water partition coefficient (Wildman–Crippen LogP) is 10.1. The maximum atomic E-state index is 10.4. The van der Waals surface area contributed by atoms with Crippen LogP contribution in [0.1, 0.15) is 48.8 Å². The molecule has 11 rings (SSSR count). The topological polar surface area (TPSA) is 62.5 Å². The van der Waals surface area contributed by atoms with Crippen LogP contribution in [0, 0.1) is 35.0 Å². The number of benzene rings is 5. The molecular formula is C44H34N4. The van der Waals surface area contributed by atoms with E-state index in [0.29, 0.717) is 29.3 Å². The van der Waals surface area contributed by atoms with Crippen molar-refractivity contribution in [1.29, 1.82) is 5.26 Å². The molecule has 4 fully saturated rings. The zero-order chi connectivity index (χ0) is 31.8. The average molecular weight is 619 g/mol. The normalized spacial score (nSPS) is 24.3. The molecule has 0 saturated heterocycles. The summed E-state index contributed by atoms with van der Waals surface area (Å²) in [7, 11) is 0. The molecule has 0 radical (unpaired) electrons. The first-order chi connectivity index (χ1) is 23.7. The number of nitriles is 1. The van der Waals surface area contributed by atoms with Gasteiger partial charge in [0.25, 0.3) is 0 Å². The third kappa shape index (κ3) is 4.04. The van der Waals surface area contributed by atoms with Gasteiger partial charge in [-0.1, -0.05) is 109 Å². The fourth-order valence-corrected chi connectivity index (χ4v) is 10.3. The van der Waals surface area contributed by atoms with Crippen molar-refractivity contribution in [1.82, 2.24) is 15.0 Å². The van der Waals surface area contributed by atoms with E-state index in [0.717, 1.165) is 34.1 Å². The van der Waals surface area contributed by atoms with E-state index >= 15 is 0 Å². The molecule has 1 aromatic heterocycles. The molecule has 0 atom stereocenters. The van der Waals surface area contributed by atoms with E-state index in [2.05, 4.69) is 66.7 Å². The van der Waals surface area contributed by atoms with Crippen molar-refractivity contribution in [2.24, 2.45) is 23.7 Å². The molecule has 1 heterocycles. The molecule has 4 nitrogen and oxygen atoms in total. The van der Waals surface area contributed by atoms with Crippen molar-refractivity contribution in [3.8, 4) is 62.5 Å². The zero-order valence-corrected chi connectivity index (χ0v) is 26.7. The van der Waals surface area contributed by atoms with Gasteiger partial charge in [-0.15, -0.1) is 0 Å². The highest BCUT2D eigenvalue weighted by Gasteiger charge is 2.62. The molecule has 0 aliphatic heterocycles. The minimum absolute atomic E-state index is 0.0487. The minimum Gasteiger partial charge on any atom is -0.208 e. The highest BCUT2D eigenvalue weighted by molar-refractivity contribution is 5.86. The molecule has 5 aliphatic rings. The van der Waals surface area contributed by atoms with E-state index < -0.39 is 0 Å². The number of hydrogen-bond donors (Lipinski definition) is 0. The van der Waals surface area contributed by atoms with E-state index in [4.69, 9.17) is 15.0 Å².